The first-order chi connectivity index (χ1) is 8.61. The molecule has 7 nitrogen and oxygen atoms in total. The van der Waals surface area contributed by atoms with Crippen molar-refractivity contribution in [1.29, 1.82) is 0 Å². The van der Waals surface area contributed by atoms with Crippen molar-refractivity contribution >= 4 is 17.4 Å². The molecular formula is C10H9FN4O3. The summed E-state index contributed by atoms with van der Waals surface area (Å²) in [6.45, 7) is 0. The van der Waals surface area contributed by atoms with Gasteiger partial charge in [0, 0.05) is 11.8 Å². The molecule has 0 bridgehead atoms. The molecule has 0 radical (unpaired) electrons. The summed E-state index contributed by atoms with van der Waals surface area (Å²) in [4.78, 5) is 11.7. The van der Waals surface area contributed by atoms with E-state index in [1.807, 2.05) is 0 Å². The average molecular weight is 252 g/mol. The molecule has 0 aliphatic carbocycles. The number of nitrogens with one attached hydrogen (secondary N) is 1. The van der Waals surface area contributed by atoms with E-state index < -0.39 is 11.7 Å². The van der Waals surface area contributed by atoms with E-state index in [2.05, 4.69) is 20.3 Å². The predicted molar refractivity (Wildman–Crippen MR) is 59.6 cm³/mol. The van der Waals surface area contributed by atoms with E-state index >= 15 is 0 Å². The number of methoxy groups -OCH3 is 1. The number of amides is 1. The lowest BCUT2D eigenvalue weighted by atomic mass is 10.2. The summed E-state index contributed by atoms with van der Waals surface area (Å²) in [6.07, 6.45) is 0. The second-order valence-corrected chi connectivity index (χ2v) is 3.30. The molecule has 1 aromatic heterocycles. The number of nitrogens with zero attached hydrogens (tertiary/aromatic N) is 2. The van der Waals surface area contributed by atoms with Gasteiger partial charge in [0.2, 0.25) is 11.5 Å². The monoisotopic (exact) mass is 252 g/mol. The minimum Gasteiger partial charge on any atom is -0.494 e. The number of nitrogen functional groups attached to an aromatic ring is 1. The van der Waals surface area contributed by atoms with Gasteiger partial charge in [0.15, 0.2) is 11.6 Å². The van der Waals surface area contributed by atoms with Crippen LogP contribution < -0.4 is 15.8 Å². The molecule has 0 aliphatic rings. The summed E-state index contributed by atoms with van der Waals surface area (Å²) in [5.74, 6) is -1.29. The Morgan fingerprint density at radius 2 is 2.28 bits per heavy atom. The Balaban J connectivity index is 2.17. The van der Waals surface area contributed by atoms with E-state index in [-0.39, 0.29) is 22.9 Å². The molecule has 0 fully saturated rings. The Kier molecular flexibility index (Phi) is 3.09. The fourth-order valence-corrected chi connectivity index (χ4v) is 1.29. The van der Waals surface area contributed by atoms with Gasteiger partial charge >= 0.3 is 0 Å². The average Bonchev–Trinajstić information content (AvgIpc) is 2.76. The molecule has 0 unspecified atom stereocenters. The van der Waals surface area contributed by atoms with Gasteiger partial charge in [-0.1, -0.05) is 0 Å². The number of anilines is 2. The maximum atomic E-state index is 13.4. The van der Waals surface area contributed by atoms with Crippen molar-refractivity contribution in [3.63, 3.8) is 0 Å². The molecule has 2 aromatic rings. The Morgan fingerprint density at radius 3 is 2.83 bits per heavy atom. The summed E-state index contributed by atoms with van der Waals surface area (Å²) in [7, 11) is 1.35. The lowest BCUT2D eigenvalue weighted by molar-refractivity contribution is 0.101. The molecule has 18 heavy (non-hydrogen) atoms. The Bertz CT molecular complexity index is 584. The molecule has 0 aliphatic heterocycles. The summed E-state index contributed by atoms with van der Waals surface area (Å²) < 4.78 is 22.4. The highest BCUT2D eigenvalue weighted by Gasteiger charge is 2.16. The quantitative estimate of drug-likeness (QED) is 0.846. The van der Waals surface area contributed by atoms with Crippen LogP contribution in [0.25, 0.3) is 0 Å². The smallest absolute Gasteiger partial charge is 0.281 e. The highest BCUT2D eigenvalue weighted by molar-refractivity contribution is 6.05. The van der Waals surface area contributed by atoms with Crippen LogP contribution in [0.15, 0.2) is 22.8 Å². The predicted octanol–water partition coefficient (Wildman–Crippen LogP) is 1.05. The highest BCUT2D eigenvalue weighted by atomic mass is 19.1. The molecule has 0 saturated carbocycles. The summed E-state index contributed by atoms with van der Waals surface area (Å²) in [6, 6.07) is 3.97. The topological polar surface area (TPSA) is 103 Å². The molecule has 2 rings (SSSR count). The van der Waals surface area contributed by atoms with Crippen molar-refractivity contribution in [3.8, 4) is 5.75 Å². The van der Waals surface area contributed by atoms with E-state index in [0.717, 1.165) is 6.07 Å². The summed E-state index contributed by atoms with van der Waals surface area (Å²) >= 11 is 0. The van der Waals surface area contributed by atoms with Crippen LogP contribution in [0.2, 0.25) is 0 Å². The number of carbonyl (C=O) groups is 1. The molecule has 1 aromatic carbocycles. The molecular weight excluding hydrogens is 243 g/mol. The van der Waals surface area contributed by atoms with Crippen LogP contribution in [0.1, 0.15) is 10.5 Å². The molecule has 1 heterocycles. The molecule has 3 N–H and O–H groups in total. The van der Waals surface area contributed by atoms with Crippen LogP contribution in [0.4, 0.5) is 15.9 Å². The fourth-order valence-electron chi connectivity index (χ4n) is 1.29. The summed E-state index contributed by atoms with van der Waals surface area (Å²) in [5, 5.41) is 8.99. The lowest BCUT2D eigenvalue weighted by Gasteiger charge is -2.05. The first kappa shape index (κ1) is 11.8. The SMILES string of the molecule is COc1ccc(NC(=O)c2nonc2N)cc1F. The van der Waals surface area contributed by atoms with Crippen molar-refractivity contribution < 1.29 is 18.6 Å². The van der Waals surface area contributed by atoms with E-state index in [9.17, 15) is 9.18 Å². The van der Waals surface area contributed by atoms with Gasteiger partial charge in [-0.3, -0.25) is 4.79 Å². The van der Waals surface area contributed by atoms with Crippen LogP contribution in [0, 0.1) is 5.82 Å². The Hall–Kier alpha value is -2.64. The highest BCUT2D eigenvalue weighted by Crippen LogP contribution is 2.21. The maximum absolute atomic E-state index is 13.4. The number of hydrogen-bond acceptors (Lipinski definition) is 6. The Morgan fingerprint density at radius 1 is 1.50 bits per heavy atom. The largest absolute Gasteiger partial charge is 0.494 e. The van der Waals surface area contributed by atoms with Crippen molar-refractivity contribution in [2.24, 2.45) is 0 Å². The number of halogens is 1. The first-order valence-electron chi connectivity index (χ1n) is 4.84. The van der Waals surface area contributed by atoms with Crippen molar-refractivity contribution in [2.45, 2.75) is 0 Å². The fraction of sp³-hybridized carbons (Fsp3) is 0.100. The van der Waals surface area contributed by atoms with Crippen LogP contribution in [-0.2, 0) is 0 Å². The van der Waals surface area contributed by atoms with Gasteiger partial charge in [0.05, 0.1) is 7.11 Å². The van der Waals surface area contributed by atoms with Crippen LogP contribution in [0.5, 0.6) is 5.75 Å². The van der Waals surface area contributed by atoms with Crippen LogP contribution >= 0.6 is 0 Å². The van der Waals surface area contributed by atoms with E-state index in [0.29, 0.717) is 0 Å². The molecule has 0 atom stereocenters. The lowest BCUT2D eigenvalue weighted by Crippen LogP contribution is -2.14. The second kappa shape index (κ2) is 4.70. The van der Waals surface area contributed by atoms with Gasteiger partial charge < -0.3 is 15.8 Å². The van der Waals surface area contributed by atoms with E-state index in [1.54, 1.807) is 0 Å². The zero-order chi connectivity index (χ0) is 13.1. The van der Waals surface area contributed by atoms with Crippen LogP contribution in [-0.4, -0.2) is 23.3 Å². The Labute approximate surface area is 101 Å². The van der Waals surface area contributed by atoms with Gasteiger partial charge in [0.25, 0.3) is 5.91 Å². The molecule has 0 saturated heterocycles. The standard InChI is InChI=1S/C10H9FN4O3/c1-17-7-3-2-5(4-6(7)11)13-10(16)8-9(12)15-18-14-8/h2-4H,1H3,(H2,12,15)(H,13,16). The number of benzene rings is 1. The number of nitrogens with two attached hydrogens (primary N) is 1. The third-order valence-electron chi connectivity index (χ3n) is 2.14. The van der Waals surface area contributed by atoms with Gasteiger partial charge in [-0.25, -0.2) is 9.02 Å². The third kappa shape index (κ3) is 2.21. The molecule has 94 valence electrons. The van der Waals surface area contributed by atoms with E-state index in [1.165, 1.54) is 19.2 Å². The number of rotatable bonds is 3. The van der Waals surface area contributed by atoms with Gasteiger partial charge in [-0.15, -0.1) is 0 Å². The van der Waals surface area contributed by atoms with Crippen molar-refractivity contribution in [3.05, 3.63) is 29.7 Å². The molecule has 0 spiro atoms. The zero-order valence-electron chi connectivity index (χ0n) is 9.31. The number of carbonyl (C=O) groups excluding carboxylic acids is 1. The van der Waals surface area contributed by atoms with Gasteiger partial charge in [-0.2, -0.15) is 0 Å². The maximum Gasteiger partial charge on any atom is 0.281 e. The van der Waals surface area contributed by atoms with Crippen molar-refractivity contribution in [1.82, 2.24) is 10.3 Å². The van der Waals surface area contributed by atoms with E-state index in [4.69, 9.17) is 10.5 Å². The number of hydrogen-bond donors (Lipinski definition) is 2. The third-order valence-corrected chi connectivity index (χ3v) is 2.14. The second-order valence-electron chi connectivity index (χ2n) is 3.30. The van der Waals surface area contributed by atoms with Gasteiger partial charge in [0.1, 0.15) is 0 Å². The normalized spacial score (nSPS) is 10.1. The van der Waals surface area contributed by atoms with Gasteiger partial charge in [-0.05, 0) is 22.4 Å². The first-order valence-corrected chi connectivity index (χ1v) is 4.84. The van der Waals surface area contributed by atoms with Crippen molar-refractivity contribution in [2.75, 3.05) is 18.2 Å². The summed E-state index contributed by atoms with van der Waals surface area (Å²) in [5.41, 5.74) is 5.42. The number of aromatic nitrogens is 2. The minimum absolute atomic E-state index is 0.0793. The molecule has 1 amide bonds. The minimum atomic E-state index is -0.640. The number of ether oxygens (including phenoxy) is 1. The molecule has 8 heteroatoms. The van der Waals surface area contributed by atoms with Crippen LogP contribution in [0.3, 0.4) is 0 Å². The zero-order valence-corrected chi connectivity index (χ0v) is 9.31.